The zero-order valence-corrected chi connectivity index (χ0v) is 13.5. The van der Waals surface area contributed by atoms with Crippen molar-refractivity contribution in [3.8, 4) is 5.69 Å². The number of rotatable bonds is 5. The van der Waals surface area contributed by atoms with Gasteiger partial charge in [0.15, 0.2) is 0 Å². The summed E-state index contributed by atoms with van der Waals surface area (Å²) in [6.45, 7) is 3.80. The third kappa shape index (κ3) is 3.78. The van der Waals surface area contributed by atoms with Gasteiger partial charge in [0.2, 0.25) is 5.91 Å². The molecule has 2 aromatic heterocycles. The Morgan fingerprint density at radius 1 is 1.25 bits per heavy atom. The topological polar surface area (TPSA) is 73.0 Å². The second-order valence-corrected chi connectivity index (χ2v) is 5.44. The summed E-state index contributed by atoms with van der Waals surface area (Å²) < 4.78 is 7.07. The van der Waals surface area contributed by atoms with Gasteiger partial charge in [-0.05, 0) is 49.8 Å². The van der Waals surface area contributed by atoms with Crippen LogP contribution in [-0.2, 0) is 4.79 Å². The SMILES string of the molecule is Cc1ccc(/C=C/C(=O)NC(C)c2ccc(-n3cncn3)cc2)o1. The maximum atomic E-state index is 12.0. The molecule has 0 aliphatic heterocycles. The lowest BCUT2D eigenvalue weighted by Crippen LogP contribution is -2.24. The van der Waals surface area contributed by atoms with Crippen LogP contribution in [0.2, 0.25) is 0 Å². The summed E-state index contributed by atoms with van der Waals surface area (Å²) in [5.41, 5.74) is 1.93. The Hall–Kier alpha value is -3.15. The van der Waals surface area contributed by atoms with Crippen molar-refractivity contribution in [3.63, 3.8) is 0 Å². The number of amides is 1. The number of aromatic nitrogens is 3. The van der Waals surface area contributed by atoms with Gasteiger partial charge in [0.1, 0.15) is 24.2 Å². The molecule has 0 saturated carbocycles. The summed E-state index contributed by atoms with van der Waals surface area (Å²) in [5, 5.41) is 7.01. The number of benzene rings is 1. The fourth-order valence-electron chi connectivity index (χ4n) is 2.30. The molecule has 0 saturated heterocycles. The van der Waals surface area contributed by atoms with E-state index in [0.717, 1.165) is 17.0 Å². The van der Waals surface area contributed by atoms with Gasteiger partial charge in [0, 0.05) is 6.08 Å². The van der Waals surface area contributed by atoms with Crippen molar-refractivity contribution in [1.82, 2.24) is 20.1 Å². The molecule has 24 heavy (non-hydrogen) atoms. The van der Waals surface area contributed by atoms with E-state index in [1.165, 1.54) is 12.4 Å². The Morgan fingerprint density at radius 3 is 2.67 bits per heavy atom. The normalized spacial score (nSPS) is 12.4. The molecule has 6 nitrogen and oxygen atoms in total. The van der Waals surface area contributed by atoms with E-state index in [1.807, 2.05) is 50.2 Å². The van der Waals surface area contributed by atoms with Gasteiger partial charge >= 0.3 is 0 Å². The van der Waals surface area contributed by atoms with Crippen LogP contribution in [0.25, 0.3) is 11.8 Å². The lowest BCUT2D eigenvalue weighted by molar-refractivity contribution is -0.117. The molecular formula is C18H18N4O2. The summed E-state index contributed by atoms with van der Waals surface area (Å²) in [5.74, 6) is 1.31. The first-order valence-electron chi connectivity index (χ1n) is 7.62. The predicted molar refractivity (Wildman–Crippen MR) is 90.4 cm³/mol. The van der Waals surface area contributed by atoms with Crippen LogP contribution in [0.4, 0.5) is 0 Å². The summed E-state index contributed by atoms with van der Waals surface area (Å²) in [6, 6.07) is 11.4. The standard InChI is InChI=1S/C18H18N4O2/c1-13-3-8-17(24-13)9-10-18(23)21-14(2)15-4-6-16(7-5-15)22-12-19-11-20-22/h3-12,14H,1-2H3,(H,21,23)/b10-9+. The predicted octanol–water partition coefficient (Wildman–Crippen LogP) is 3.06. The van der Waals surface area contributed by atoms with E-state index in [1.54, 1.807) is 17.1 Å². The van der Waals surface area contributed by atoms with Crippen LogP contribution in [0.15, 0.2) is 59.5 Å². The molecule has 0 bridgehead atoms. The maximum Gasteiger partial charge on any atom is 0.244 e. The quantitative estimate of drug-likeness (QED) is 0.733. The lowest BCUT2D eigenvalue weighted by Gasteiger charge is -2.13. The van der Waals surface area contributed by atoms with Crippen LogP contribution in [0.1, 0.15) is 30.0 Å². The van der Waals surface area contributed by atoms with Crippen molar-refractivity contribution < 1.29 is 9.21 Å². The molecule has 1 N–H and O–H groups in total. The van der Waals surface area contributed by atoms with Crippen molar-refractivity contribution in [2.24, 2.45) is 0 Å². The molecule has 0 aliphatic rings. The lowest BCUT2D eigenvalue weighted by atomic mass is 10.1. The summed E-state index contributed by atoms with van der Waals surface area (Å²) in [4.78, 5) is 15.9. The third-order valence-electron chi connectivity index (χ3n) is 3.60. The highest BCUT2D eigenvalue weighted by Gasteiger charge is 2.08. The molecule has 0 fully saturated rings. The number of aryl methyl sites for hydroxylation is 1. The van der Waals surface area contributed by atoms with Crippen LogP contribution in [0.3, 0.4) is 0 Å². The Morgan fingerprint density at radius 2 is 2.04 bits per heavy atom. The second-order valence-electron chi connectivity index (χ2n) is 5.44. The molecule has 2 heterocycles. The van der Waals surface area contributed by atoms with Crippen molar-refractivity contribution in [1.29, 1.82) is 0 Å². The summed E-state index contributed by atoms with van der Waals surface area (Å²) in [7, 11) is 0. The van der Waals surface area contributed by atoms with Gasteiger partial charge in [-0.25, -0.2) is 9.67 Å². The molecule has 1 aromatic carbocycles. The molecule has 0 radical (unpaired) electrons. The number of hydrogen-bond acceptors (Lipinski definition) is 4. The van der Waals surface area contributed by atoms with Gasteiger partial charge in [-0.1, -0.05) is 12.1 Å². The minimum absolute atomic E-state index is 0.106. The smallest absolute Gasteiger partial charge is 0.244 e. The van der Waals surface area contributed by atoms with E-state index < -0.39 is 0 Å². The number of hydrogen-bond donors (Lipinski definition) is 1. The zero-order chi connectivity index (χ0) is 16.9. The molecule has 0 spiro atoms. The van der Waals surface area contributed by atoms with Crippen LogP contribution >= 0.6 is 0 Å². The van der Waals surface area contributed by atoms with E-state index in [0.29, 0.717) is 5.76 Å². The largest absolute Gasteiger partial charge is 0.462 e. The van der Waals surface area contributed by atoms with Gasteiger partial charge < -0.3 is 9.73 Å². The second kappa shape index (κ2) is 6.95. The molecule has 1 amide bonds. The van der Waals surface area contributed by atoms with Crippen LogP contribution < -0.4 is 5.32 Å². The van der Waals surface area contributed by atoms with Crippen molar-refractivity contribution in [2.75, 3.05) is 0 Å². The van der Waals surface area contributed by atoms with E-state index >= 15 is 0 Å². The minimum Gasteiger partial charge on any atom is -0.462 e. The highest BCUT2D eigenvalue weighted by Crippen LogP contribution is 2.15. The Labute approximate surface area is 139 Å². The summed E-state index contributed by atoms with van der Waals surface area (Å²) in [6.07, 6.45) is 6.26. The highest BCUT2D eigenvalue weighted by molar-refractivity contribution is 5.91. The molecule has 6 heteroatoms. The number of carbonyl (C=O) groups is 1. The van der Waals surface area contributed by atoms with Crippen molar-refractivity contribution >= 4 is 12.0 Å². The minimum atomic E-state index is -0.170. The number of carbonyl (C=O) groups excluding carboxylic acids is 1. The van der Waals surface area contributed by atoms with E-state index in [-0.39, 0.29) is 11.9 Å². The molecule has 1 atom stereocenters. The van der Waals surface area contributed by atoms with Gasteiger partial charge in [-0.15, -0.1) is 0 Å². The Bertz CT molecular complexity index is 832. The van der Waals surface area contributed by atoms with Crippen LogP contribution in [0, 0.1) is 6.92 Å². The molecule has 0 aliphatic carbocycles. The van der Waals surface area contributed by atoms with E-state index in [2.05, 4.69) is 15.4 Å². The molecule has 122 valence electrons. The zero-order valence-electron chi connectivity index (χ0n) is 13.5. The number of nitrogens with one attached hydrogen (secondary N) is 1. The average Bonchev–Trinajstić information content (AvgIpc) is 3.25. The first kappa shape index (κ1) is 15.7. The van der Waals surface area contributed by atoms with Gasteiger partial charge in [0.05, 0.1) is 11.7 Å². The maximum absolute atomic E-state index is 12.0. The fourth-order valence-corrected chi connectivity index (χ4v) is 2.30. The van der Waals surface area contributed by atoms with Gasteiger partial charge in [-0.2, -0.15) is 5.10 Å². The Kier molecular flexibility index (Phi) is 4.56. The summed E-state index contributed by atoms with van der Waals surface area (Å²) >= 11 is 0. The van der Waals surface area contributed by atoms with E-state index in [4.69, 9.17) is 4.42 Å². The molecular weight excluding hydrogens is 304 g/mol. The van der Waals surface area contributed by atoms with Crippen molar-refractivity contribution in [2.45, 2.75) is 19.9 Å². The number of nitrogens with zero attached hydrogens (tertiary/aromatic N) is 3. The first-order valence-corrected chi connectivity index (χ1v) is 7.62. The molecule has 1 unspecified atom stereocenters. The first-order chi connectivity index (χ1) is 11.6. The number of furan rings is 1. The molecule has 3 rings (SSSR count). The monoisotopic (exact) mass is 322 g/mol. The Balaban J connectivity index is 1.60. The highest BCUT2D eigenvalue weighted by atomic mass is 16.3. The van der Waals surface area contributed by atoms with Crippen molar-refractivity contribution in [3.05, 3.63) is 72.2 Å². The fraction of sp³-hybridized carbons (Fsp3) is 0.167. The van der Waals surface area contributed by atoms with Crippen LogP contribution in [0.5, 0.6) is 0 Å². The average molecular weight is 322 g/mol. The van der Waals surface area contributed by atoms with Crippen LogP contribution in [-0.4, -0.2) is 20.7 Å². The third-order valence-corrected chi connectivity index (χ3v) is 3.60. The molecule has 3 aromatic rings. The van der Waals surface area contributed by atoms with Gasteiger partial charge in [0.25, 0.3) is 0 Å². The van der Waals surface area contributed by atoms with E-state index in [9.17, 15) is 4.79 Å². The van der Waals surface area contributed by atoms with Gasteiger partial charge in [-0.3, -0.25) is 4.79 Å².